The number of alkyl halides is 3. The van der Waals surface area contributed by atoms with Gasteiger partial charge in [-0.3, -0.25) is 4.79 Å². The highest BCUT2D eigenvalue weighted by atomic mass is 19.4. The van der Waals surface area contributed by atoms with Crippen LogP contribution in [0.5, 0.6) is 0 Å². The van der Waals surface area contributed by atoms with Crippen molar-refractivity contribution >= 4 is 11.6 Å². The van der Waals surface area contributed by atoms with E-state index in [0.29, 0.717) is 18.4 Å². The fourth-order valence-corrected chi connectivity index (χ4v) is 2.51. The van der Waals surface area contributed by atoms with Crippen molar-refractivity contribution in [1.29, 1.82) is 0 Å². The molecule has 0 bridgehead atoms. The molecule has 6 heteroatoms. The van der Waals surface area contributed by atoms with E-state index in [1.165, 1.54) is 7.05 Å². The maximum Gasteiger partial charge on any atom is 0.390 e. The fourth-order valence-electron chi connectivity index (χ4n) is 2.51. The van der Waals surface area contributed by atoms with Crippen molar-refractivity contribution < 1.29 is 18.0 Å². The van der Waals surface area contributed by atoms with E-state index in [1.54, 1.807) is 30.1 Å². The Bertz CT molecular complexity index is 514. The molecule has 0 saturated heterocycles. The van der Waals surface area contributed by atoms with Crippen LogP contribution < -0.4 is 10.2 Å². The Balaban J connectivity index is 2.28. The van der Waals surface area contributed by atoms with Gasteiger partial charge in [-0.1, -0.05) is 12.1 Å². The molecule has 0 aliphatic carbocycles. The Morgan fingerprint density at radius 3 is 2.65 bits per heavy atom. The SMILES string of the molecule is CNC(CC(F)(F)F)c1ccc2c(c1)CCC(=O)N2C. The molecule has 0 fully saturated rings. The number of nitrogens with zero attached hydrogens (tertiary/aromatic N) is 1. The van der Waals surface area contributed by atoms with Gasteiger partial charge in [0.1, 0.15) is 0 Å². The van der Waals surface area contributed by atoms with Crippen LogP contribution in [0.2, 0.25) is 0 Å². The van der Waals surface area contributed by atoms with Crippen LogP contribution in [0.15, 0.2) is 18.2 Å². The minimum atomic E-state index is -4.21. The van der Waals surface area contributed by atoms with Crippen LogP contribution in [0.4, 0.5) is 18.9 Å². The number of carbonyl (C=O) groups excluding carboxylic acids is 1. The number of carbonyl (C=O) groups is 1. The second-order valence-electron chi connectivity index (χ2n) is 5.00. The Morgan fingerprint density at radius 1 is 1.35 bits per heavy atom. The Kier molecular flexibility index (Phi) is 4.04. The maximum atomic E-state index is 12.5. The zero-order valence-corrected chi connectivity index (χ0v) is 11.4. The minimum absolute atomic E-state index is 0.0331. The number of amides is 1. The number of halogens is 3. The summed E-state index contributed by atoms with van der Waals surface area (Å²) < 4.78 is 37.6. The summed E-state index contributed by atoms with van der Waals surface area (Å²) in [5, 5.41) is 2.70. The Labute approximate surface area is 115 Å². The lowest BCUT2D eigenvalue weighted by Crippen LogP contribution is -2.31. The molecule has 1 aromatic carbocycles. The summed E-state index contributed by atoms with van der Waals surface area (Å²) in [6.07, 6.45) is -4.14. The zero-order valence-electron chi connectivity index (χ0n) is 11.4. The molecule has 1 atom stereocenters. The third kappa shape index (κ3) is 3.12. The molecule has 0 aromatic heterocycles. The normalized spacial score (nSPS) is 17.1. The number of anilines is 1. The lowest BCUT2D eigenvalue weighted by Gasteiger charge is -2.27. The molecule has 2 rings (SSSR count). The number of hydrogen-bond acceptors (Lipinski definition) is 2. The summed E-state index contributed by atoms with van der Waals surface area (Å²) in [5.41, 5.74) is 2.31. The average molecular weight is 286 g/mol. The molecule has 3 nitrogen and oxygen atoms in total. The van der Waals surface area contributed by atoms with Crippen molar-refractivity contribution in [1.82, 2.24) is 5.32 Å². The van der Waals surface area contributed by atoms with E-state index in [2.05, 4.69) is 5.32 Å². The molecule has 0 radical (unpaired) electrons. The standard InChI is InChI=1S/C14H17F3N2O/c1-18-11(8-14(15,16)17)9-3-5-12-10(7-9)4-6-13(20)19(12)2/h3,5,7,11,18H,4,6,8H2,1-2H3. The molecule has 0 spiro atoms. The third-order valence-corrected chi connectivity index (χ3v) is 3.63. The third-order valence-electron chi connectivity index (χ3n) is 3.63. The van der Waals surface area contributed by atoms with Crippen LogP contribution in [0, 0.1) is 0 Å². The van der Waals surface area contributed by atoms with Gasteiger partial charge in [-0.2, -0.15) is 13.2 Å². The van der Waals surface area contributed by atoms with Gasteiger partial charge in [0.2, 0.25) is 5.91 Å². The number of aryl methyl sites for hydroxylation is 1. The molecule has 1 amide bonds. The van der Waals surface area contributed by atoms with Crippen molar-refractivity contribution in [2.24, 2.45) is 0 Å². The van der Waals surface area contributed by atoms with E-state index < -0.39 is 18.6 Å². The number of rotatable bonds is 3. The number of benzene rings is 1. The molecule has 1 aliphatic rings. The fraction of sp³-hybridized carbons (Fsp3) is 0.500. The van der Waals surface area contributed by atoms with Crippen molar-refractivity contribution in [3.63, 3.8) is 0 Å². The molecule has 1 aliphatic heterocycles. The van der Waals surface area contributed by atoms with Crippen molar-refractivity contribution in [2.75, 3.05) is 19.0 Å². The van der Waals surface area contributed by atoms with Crippen molar-refractivity contribution in [3.8, 4) is 0 Å². The quantitative estimate of drug-likeness (QED) is 0.926. The van der Waals surface area contributed by atoms with Crippen LogP contribution in [0.3, 0.4) is 0 Å². The maximum absolute atomic E-state index is 12.5. The van der Waals surface area contributed by atoms with Gasteiger partial charge in [0.15, 0.2) is 0 Å². The molecule has 0 saturated carbocycles. The first-order valence-electron chi connectivity index (χ1n) is 6.45. The van der Waals surface area contributed by atoms with Crippen molar-refractivity contribution in [2.45, 2.75) is 31.5 Å². The largest absolute Gasteiger partial charge is 0.390 e. The molecule has 1 N–H and O–H groups in total. The summed E-state index contributed by atoms with van der Waals surface area (Å²) in [7, 11) is 3.21. The second-order valence-corrected chi connectivity index (χ2v) is 5.00. The number of nitrogens with one attached hydrogen (secondary N) is 1. The first-order valence-corrected chi connectivity index (χ1v) is 6.45. The predicted octanol–water partition coefficient (Wildman–Crippen LogP) is 2.81. The highest BCUT2D eigenvalue weighted by Gasteiger charge is 2.32. The first-order chi connectivity index (χ1) is 9.31. The zero-order chi connectivity index (χ0) is 14.9. The summed E-state index contributed by atoms with van der Waals surface area (Å²) >= 11 is 0. The monoisotopic (exact) mass is 286 g/mol. The van der Waals surface area contributed by atoms with E-state index >= 15 is 0 Å². The molecule has 1 aromatic rings. The van der Waals surface area contributed by atoms with Crippen LogP contribution in [-0.2, 0) is 11.2 Å². The van der Waals surface area contributed by atoms with Crippen LogP contribution >= 0.6 is 0 Å². The minimum Gasteiger partial charge on any atom is -0.315 e. The van der Waals surface area contributed by atoms with Gasteiger partial charge >= 0.3 is 6.18 Å². The van der Waals surface area contributed by atoms with E-state index in [0.717, 1.165) is 11.3 Å². The summed E-state index contributed by atoms with van der Waals surface area (Å²) in [6, 6.07) is 4.39. The highest BCUT2D eigenvalue weighted by molar-refractivity contribution is 5.95. The Hall–Kier alpha value is -1.56. The molecular formula is C14H17F3N2O. The van der Waals surface area contributed by atoms with Gasteiger partial charge in [0.05, 0.1) is 6.42 Å². The lowest BCUT2D eigenvalue weighted by molar-refractivity contribution is -0.140. The molecule has 110 valence electrons. The predicted molar refractivity (Wildman–Crippen MR) is 70.6 cm³/mol. The highest BCUT2D eigenvalue weighted by Crippen LogP contribution is 2.33. The van der Waals surface area contributed by atoms with E-state index in [4.69, 9.17) is 0 Å². The van der Waals surface area contributed by atoms with Gasteiger partial charge in [0, 0.05) is 25.2 Å². The van der Waals surface area contributed by atoms with Crippen LogP contribution in [-0.4, -0.2) is 26.2 Å². The summed E-state index contributed by atoms with van der Waals surface area (Å²) in [5.74, 6) is 0.0331. The van der Waals surface area contributed by atoms with Crippen molar-refractivity contribution in [3.05, 3.63) is 29.3 Å². The van der Waals surface area contributed by atoms with Gasteiger partial charge in [-0.15, -0.1) is 0 Å². The van der Waals surface area contributed by atoms with E-state index in [9.17, 15) is 18.0 Å². The van der Waals surface area contributed by atoms with Gasteiger partial charge in [-0.25, -0.2) is 0 Å². The van der Waals surface area contributed by atoms with E-state index in [1.807, 2.05) is 0 Å². The summed E-state index contributed by atoms with van der Waals surface area (Å²) in [4.78, 5) is 13.1. The smallest absolute Gasteiger partial charge is 0.315 e. The van der Waals surface area contributed by atoms with Crippen LogP contribution in [0.1, 0.15) is 30.0 Å². The summed E-state index contributed by atoms with van der Waals surface area (Å²) in [6.45, 7) is 0. The van der Waals surface area contributed by atoms with E-state index in [-0.39, 0.29) is 5.91 Å². The number of fused-ring (bicyclic) bond motifs is 1. The molecule has 1 unspecified atom stereocenters. The van der Waals surface area contributed by atoms with Gasteiger partial charge in [-0.05, 0) is 30.7 Å². The molecule has 20 heavy (non-hydrogen) atoms. The second kappa shape index (κ2) is 5.44. The van der Waals surface area contributed by atoms with Crippen LogP contribution in [0.25, 0.3) is 0 Å². The lowest BCUT2D eigenvalue weighted by atomic mass is 9.95. The Morgan fingerprint density at radius 2 is 2.05 bits per heavy atom. The van der Waals surface area contributed by atoms with Gasteiger partial charge in [0.25, 0.3) is 0 Å². The average Bonchev–Trinajstić information content (AvgIpc) is 2.39. The topological polar surface area (TPSA) is 32.3 Å². The molecule has 1 heterocycles. The molecular weight excluding hydrogens is 269 g/mol. The first kappa shape index (κ1) is 14.8. The van der Waals surface area contributed by atoms with Gasteiger partial charge < -0.3 is 10.2 Å². The number of hydrogen-bond donors (Lipinski definition) is 1.